The summed E-state index contributed by atoms with van der Waals surface area (Å²) in [5.74, 6) is 0.927. The first-order chi connectivity index (χ1) is 9.59. The van der Waals surface area contributed by atoms with Crippen LogP contribution in [0.15, 0.2) is 15.1 Å². The fourth-order valence-electron chi connectivity index (χ4n) is 1.68. The first-order valence-electron chi connectivity index (χ1n) is 6.57. The van der Waals surface area contributed by atoms with E-state index < -0.39 is 15.1 Å². The molecule has 2 rings (SSSR count). The lowest BCUT2D eigenvalue weighted by molar-refractivity contribution is 0.361. The summed E-state index contributed by atoms with van der Waals surface area (Å²) in [5.41, 5.74) is 0.0731. The van der Waals surface area contributed by atoms with Crippen molar-refractivity contribution in [3.63, 3.8) is 0 Å². The highest BCUT2D eigenvalue weighted by atomic mass is 32.2. The number of hydrogen-bond acceptors (Lipinski definition) is 7. The molecule has 0 aliphatic carbocycles. The molecule has 1 unspecified atom stereocenters. The largest absolute Gasteiger partial charge is 0.361 e. The van der Waals surface area contributed by atoms with Gasteiger partial charge in [-0.2, -0.15) is 4.98 Å². The van der Waals surface area contributed by atoms with Crippen LogP contribution >= 0.6 is 0 Å². The van der Waals surface area contributed by atoms with Gasteiger partial charge >= 0.3 is 0 Å². The van der Waals surface area contributed by atoms with Crippen molar-refractivity contribution < 1.29 is 17.5 Å². The maximum Gasteiger partial charge on any atom is 0.244 e. The van der Waals surface area contributed by atoms with Crippen LogP contribution in [0.1, 0.15) is 56.1 Å². The Morgan fingerprint density at radius 3 is 2.38 bits per heavy atom. The lowest BCUT2D eigenvalue weighted by atomic mass is 9.96. The molecule has 21 heavy (non-hydrogen) atoms. The van der Waals surface area contributed by atoms with E-state index in [4.69, 9.17) is 9.05 Å². The number of rotatable bonds is 4. The first kappa shape index (κ1) is 15.7. The predicted octanol–water partition coefficient (Wildman–Crippen LogP) is 2.34. The Morgan fingerprint density at radius 1 is 1.24 bits per heavy atom. The van der Waals surface area contributed by atoms with E-state index in [1.807, 2.05) is 20.8 Å². The van der Waals surface area contributed by atoms with E-state index in [2.05, 4.69) is 15.3 Å². The highest BCUT2D eigenvalue weighted by Gasteiger charge is 2.31. The molecule has 0 saturated carbocycles. The van der Waals surface area contributed by atoms with E-state index in [0.717, 1.165) is 0 Å². The van der Waals surface area contributed by atoms with E-state index >= 15 is 0 Å². The standard InChI is InChI=1S/C13H19N3O4S/c1-8-6-10(15-19-8)7-21(17,18)9(2)11-14-12(16-20-11)13(3,4)5/h6,9H,7H2,1-5H3. The summed E-state index contributed by atoms with van der Waals surface area (Å²) in [7, 11) is -3.50. The van der Waals surface area contributed by atoms with Gasteiger partial charge in [-0.05, 0) is 13.8 Å². The molecular weight excluding hydrogens is 294 g/mol. The molecule has 8 heteroatoms. The van der Waals surface area contributed by atoms with Crippen molar-refractivity contribution in [2.75, 3.05) is 0 Å². The van der Waals surface area contributed by atoms with Crippen LogP contribution in [0.5, 0.6) is 0 Å². The van der Waals surface area contributed by atoms with Crippen molar-refractivity contribution in [2.24, 2.45) is 0 Å². The Labute approximate surface area is 123 Å². The minimum absolute atomic E-state index is 0.0974. The van der Waals surface area contributed by atoms with E-state index in [1.165, 1.54) is 6.92 Å². The second-order valence-electron chi connectivity index (χ2n) is 6.08. The van der Waals surface area contributed by atoms with Gasteiger partial charge < -0.3 is 9.05 Å². The molecular formula is C13H19N3O4S. The zero-order valence-corrected chi connectivity index (χ0v) is 13.6. The summed E-state index contributed by atoms with van der Waals surface area (Å²) in [6.07, 6.45) is 0. The number of aromatic nitrogens is 3. The maximum absolute atomic E-state index is 12.4. The normalized spacial score (nSPS) is 14.3. The Balaban J connectivity index is 2.22. The lowest BCUT2D eigenvalue weighted by Crippen LogP contribution is -2.15. The van der Waals surface area contributed by atoms with Gasteiger partial charge in [-0.3, -0.25) is 0 Å². The predicted molar refractivity (Wildman–Crippen MR) is 75.3 cm³/mol. The Morgan fingerprint density at radius 2 is 1.90 bits per heavy atom. The van der Waals surface area contributed by atoms with Crippen LogP contribution in [-0.2, 0) is 21.0 Å². The maximum atomic E-state index is 12.4. The second kappa shape index (κ2) is 5.25. The number of sulfone groups is 1. The molecule has 0 N–H and O–H groups in total. The average Bonchev–Trinajstić information content (AvgIpc) is 2.96. The van der Waals surface area contributed by atoms with Crippen LogP contribution in [-0.4, -0.2) is 23.7 Å². The third-order valence-electron chi connectivity index (χ3n) is 3.02. The monoisotopic (exact) mass is 313 g/mol. The van der Waals surface area contributed by atoms with Crippen molar-refractivity contribution in [3.05, 3.63) is 29.2 Å². The van der Waals surface area contributed by atoms with E-state index in [1.54, 1.807) is 13.0 Å². The molecule has 1 atom stereocenters. The van der Waals surface area contributed by atoms with Crippen LogP contribution in [0.25, 0.3) is 0 Å². The number of hydrogen-bond donors (Lipinski definition) is 0. The van der Waals surface area contributed by atoms with Crippen molar-refractivity contribution in [3.8, 4) is 0 Å². The molecule has 0 fully saturated rings. The van der Waals surface area contributed by atoms with Gasteiger partial charge in [0.25, 0.3) is 0 Å². The zero-order chi connectivity index (χ0) is 15.8. The summed E-state index contributed by atoms with van der Waals surface area (Å²) >= 11 is 0. The van der Waals surface area contributed by atoms with Gasteiger partial charge in [0, 0.05) is 11.5 Å². The van der Waals surface area contributed by atoms with Gasteiger partial charge in [0.1, 0.15) is 11.0 Å². The lowest BCUT2D eigenvalue weighted by Gasteiger charge is -2.11. The van der Waals surface area contributed by atoms with Crippen molar-refractivity contribution >= 4 is 9.84 Å². The molecule has 0 aliphatic rings. The summed E-state index contributed by atoms with van der Waals surface area (Å²) in [6, 6.07) is 1.60. The minimum Gasteiger partial charge on any atom is -0.361 e. The van der Waals surface area contributed by atoms with Crippen molar-refractivity contribution in [1.29, 1.82) is 0 Å². The van der Waals surface area contributed by atoms with Gasteiger partial charge in [0.15, 0.2) is 15.7 Å². The molecule has 0 bridgehead atoms. The smallest absolute Gasteiger partial charge is 0.244 e. The third-order valence-corrected chi connectivity index (χ3v) is 5.00. The average molecular weight is 313 g/mol. The number of aryl methyl sites for hydroxylation is 1. The fourth-order valence-corrected chi connectivity index (χ4v) is 2.88. The second-order valence-corrected chi connectivity index (χ2v) is 8.41. The molecule has 2 aromatic heterocycles. The summed E-state index contributed by atoms with van der Waals surface area (Å²) in [5, 5.41) is 6.66. The molecule has 0 radical (unpaired) electrons. The third kappa shape index (κ3) is 3.49. The molecule has 0 amide bonds. The molecule has 0 aliphatic heterocycles. The van der Waals surface area contributed by atoms with Crippen LogP contribution in [0.2, 0.25) is 0 Å². The Bertz CT molecular complexity index is 725. The molecule has 7 nitrogen and oxygen atoms in total. The first-order valence-corrected chi connectivity index (χ1v) is 8.29. The topological polar surface area (TPSA) is 99.1 Å². The molecule has 0 saturated heterocycles. The van der Waals surface area contributed by atoms with Gasteiger partial charge in [0.05, 0.1) is 11.4 Å². The quantitative estimate of drug-likeness (QED) is 0.854. The summed E-state index contributed by atoms with van der Waals surface area (Å²) < 4.78 is 34.7. The Kier molecular flexibility index (Phi) is 3.92. The highest BCUT2D eigenvalue weighted by molar-refractivity contribution is 7.90. The van der Waals surface area contributed by atoms with E-state index in [0.29, 0.717) is 17.3 Å². The Hall–Kier alpha value is -1.70. The summed E-state index contributed by atoms with van der Waals surface area (Å²) in [6.45, 7) is 9.03. The molecule has 0 spiro atoms. The van der Waals surface area contributed by atoms with Gasteiger partial charge in [-0.25, -0.2) is 8.42 Å². The molecule has 2 aromatic rings. The van der Waals surface area contributed by atoms with Crippen LogP contribution < -0.4 is 0 Å². The summed E-state index contributed by atoms with van der Waals surface area (Å²) in [4.78, 5) is 4.19. The van der Waals surface area contributed by atoms with Gasteiger partial charge in [0.2, 0.25) is 5.89 Å². The molecule has 0 aromatic carbocycles. The zero-order valence-electron chi connectivity index (χ0n) is 12.7. The fraction of sp³-hybridized carbons (Fsp3) is 0.615. The minimum atomic E-state index is -3.50. The molecule has 116 valence electrons. The van der Waals surface area contributed by atoms with Crippen LogP contribution in [0.4, 0.5) is 0 Å². The molecule has 2 heterocycles. The van der Waals surface area contributed by atoms with E-state index in [9.17, 15) is 8.42 Å². The van der Waals surface area contributed by atoms with E-state index in [-0.39, 0.29) is 17.1 Å². The van der Waals surface area contributed by atoms with Crippen molar-refractivity contribution in [1.82, 2.24) is 15.3 Å². The highest BCUT2D eigenvalue weighted by Crippen LogP contribution is 2.26. The van der Waals surface area contributed by atoms with Crippen molar-refractivity contribution in [2.45, 2.75) is 51.0 Å². The van der Waals surface area contributed by atoms with Gasteiger partial charge in [-0.15, -0.1) is 0 Å². The van der Waals surface area contributed by atoms with Crippen LogP contribution in [0.3, 0.4) is 0 Å². The SMILES string of the molecule is Cc1cc(CS(=O)(=O)C(C)c2nc(C(C)(C)C)no2)no1. The van der Waals surface area contributed by atoms with Gasteiger partial charge in [-0.1, -0.05) is 31.1 Å². The van der Waals surface area contributed by atoms with Crippen LogP contribution in [0, 0.1) is 6.92 Å². The number of nitrogens with zero attached hydrogens (tertiary/aromatic N) is 3.